The minimum absolute atomic E-state index is 0.0600. The summed E-state index contributed by atoms with van der Waals surface area (Å²) in [6.07, 6.45) is 0.906. The van der Waals surface area contributed by atoms with Crippen LogP contribution in [0.5, 0.6) is 0 Å². The van der Waals surface area contributed by atoms with Crippen molar-refractivity contribution in [3.63, 3.8) is 0 Å². The topological polar surface area (TPSA) is 62.6 Å². The van der Waals surface area contributed by atoms with Gasteiger partial charge in [0.2, 0.25) is 5.09 Å². The summed E-state index contributed by atoms with van der Waals surface area (Å²) < 4.78 is 32.3. The molecule has 6 heteroatoms. The van der Waals surface area contributed by atoms with E-state index >= 15 is 0 Å². The molecule has 21 heavy (non-hydrogen) atoms. The Morgan fingerprint density at radius 2 is 2.05 bits per heavy atom. The lowest BCUT2D eigenvalue weighted by atomic mass is 9.90. The summed E-state index contributed by atoms with van der Waals surface area (Å²) in [7, 11) is -3.50. The van der Waals surface area contributed by atoms with Gasteiger partial charge in [-0.1, -0.05) is 27.7 Å². The predicted octanol–water partition coefficient (Wildman–Crippen LogP) is 2.44. The van der Waals surface area contributed by atoms with Gasteiger partial charge in [0, 0.05) is 19.1 Å². The highest BCUT2D eigenvalue weighted by molar-refractivity contribution is 7.89. The van der Waals surface area contributed by atoms with Crippen LogP contribution >= 0.6 is 0 Å². The second-order valence-electron chi connectivity index (χ2n) is 6.36. The van der Waals surface area contributed by atoms with Crippen LogP contribution in [0.3, 0.4) is 0 Å². The molecule has 1 aromatic rings. The fourth-order valence-corrected chi connectivity index (χ4v) is 3.95. The Kier molecular flexibility index (Phi) is 5.11. The van der Waals surface area contributed by atoms with Gasteiger partial charge in [-0.15, -0.1) is 0 Å². The zero-order valence-electron chi connectivity index (χ0n) is 13.3. The van der Waals surface area contributed by atoms with Crippen LogP contribution in [0.1, 0.15) is 39.9 Å². The first-order valence-electron chi connectivity index (χ1n) is 7.63. The van der Waals surface area contributed by atoms with Crippen molar-refractivity contribution in [2.45, 2.75) is 51.8 Å². The van der Waals surface area contributed by atoms with Crippen molar-refractivity contribution in [1.82, 2.24) is 9.62 Å². The third kappa shape index (κ3) is 3.87. The smallest absolute Gasteiger partial charge is 0.276 e. The van der Waals surface area contributed by atoms with Gasteiger partial charge in [-0.25, -0.2) is 8.42 Å². The highest BCUT2D eigenvalue weighted by atomic mass is 32.2. The summed E-state index contributed by atoms with van der Waals surface area (Å²) >= 11 is 0. The van der Waals surface area contributed by atoms with Crippen LogP contribution in [0.25, 0.3) is 0 Å². The first kappa shape index (κ1) is 16.5. The highest BCUT2D eigenvalue weighted by Crippen LogP contribution is 2.28. The van der Waals surface area contributed by atoms with Crippen molar-refractivity contribution in [1.29, 1.82) is 0 Å². The Hall–Kier alpha value is -0.850. The highest BCUT2D eigenvalue weighted by Gasteiger charge is 2.33. The zero-order valence-corrected chi connectivity index (χ0v) is 14.1. The molecule has 0 amide bonds. The maximum Gasteiger partial charge on any atom is 0.276 e. The third-order valence-corrected chi connectivity index (χ3v) is 5.95. The van der Waals surface area contributed by atoms with Crippen molar-refractivity contribution in [2.24, 2.45) is 11.8 Å². The second kappa shape index (κ2) is 6.50. The van der Waals surface area contributed by atoms with Gasteiger partial charge in [0.1, 0.15) is 5.76 Å². The number of piperidine rings is 1. The van der Waals surface area contributed by atoms with Gasteiger partial charge in [0.05, 0.1) is 6.54 Å². The van der Waals surface area contributed by atoms with Crippen molar-refractivity contribution in [3.05, 3.63) is 17.9 Å². The fourth-order valence-electron chi connectivity index (χ4n) is 2.47. The SMILES string of the molecule is CC(C)NCc1ccc(S(=O)(=O)N2CCC(C)C(C)C2)o1. The first-order chi connectivity index (χ1) is 9.80. The van der Waals surface area contributed by atoms with Crippen molar-refractivity contribution < 1.29 is 12.8 Å². The van der Waals surface area contributed by atoms with E-state index in [0.717, 1.165) is 6.42 Å². The molecule has 5 nitrogen and oxygen atoms in total. The number of nitrogens with zero attached hydrogens (tertiary/aromatic N) is 1. The van der Waals surface area contributed by atoms with E-state index < -0.39 is 10.0 Å². The molecule has 1 saturated heterocycles. The lowest BCUT2D eigenvalue weighted by Crippen LogP contribution is -2.42. The minimum atomic E-state index is -3.50. The third-order valence-electron chi connectivity index (χ3n) is 4.21. The Balaban J connectivity index is 2.09. The predicted molar refractivity (Wildman–Crippen MR) is 82.4 cm³/mol. The van der Waals surface area contributed by atoms with Crippen LogP contribution in [0.4, 0.5) is 0 Å². The molecule has 1 aliphatic heterocycles. The van der Waals surface area contributed by atoms with Crippen molar-refractivity contribution >= 4 is 10.0 Å². The lowest BCUT2D eigenvalue weighted by Gasteiger charge is -2.33. The maximum absolute atomic E-state index is 12.6. The summed E-state index contributed by atoms with van der Waals surface area (Å²) in [5, 5.41) is 3.28. The largest absolute Gasteiger partial charge is 0.447 e. The monoisotopic (exact) mass is 314 g/mol. The van der Waals surface area contributed by atoms with E-state index in [2.05, 4.69) is 19.2 Å². The molecular weight excluding hydrogens is 288 g/mol. The van der Waals surface area contributed by atoms with E-state index in [1.807, 2.05) is 13.8 Å². The Morgan fingerprint density at radius 3 is 2.67 bits per heavy atom. The second-order valence-corrected chi connectivity index (χ2v) is 8.23. The van der Waals surface area contributed by atoms with Crippen LogP contribution in [-0.2, 0) is 16.6 Å². The van der Waals surface area contributed by atoms with Crippen LogP contribution < -0.4 is 5.32 Å². The molecule has 2 heterocycles. The average molecular weight is 314 g/mol. The lowest BCUT2D eigenvalue weighted by molar-refractivity contribution is 0.209. The van der Waals surface area contributed by atoms with Gasteiger partial charge in [0.25, 0.3) is 10.0 Å². The maximum atomic E-state index is 12.6. The number of furan rings is 1. The number of hydrogen-bond donors (Lipinski definition) is 1. The molecule has 0 radical (unpaired) electrons. The molecule has 1 N–H and O–H groups in total. The fraction of sp³-hybridized carbons (Fsp3) is 0.733. The molecule has 2 unspecified atom stereocenters. The summed E-state index contributed by atoms with van der Waals surface area (Å²) in [6.45, 7) is 10.1. The van der Waals surface area contributed by atoms with Gasteiger partial charge >= 0.3 is 0 Å². The Morgan fingerprint density at radius 1 is 1.33 bits per heavy atom. The molecule has 0 aliphatic carbocycles. The van der Waals surface area contributed by atoms with E-state index in [9.17, 15) is 8.42 Å². The molecule has 0 spiro atoms. The summed E-state index contributed by atoms with van der Waals surface area (Å²) in [4.78, 5) is 0. The molecule has 1 fully saturated rings. The molecule has 0 bridgehead atoms. The minimum Gasteiger partial charge on any atom is -0.447 e. The zero-order chi connectivity index (χ0) is 15.6. The number of sulfonamides is 1. The van der Waals surface area contributed by atoms with Crippen LogP contribution in [0.2, 0.25) is 0 Å². The average Bonchev–Trinajstić information content (AvgIpc) is 2.89. The van der Waals surface area contributed by atoms with E-state index in [1.165, 1.54) is 0 Å². The molecular formula is C15H26N2O3S. The molecule has 1 aliphatic rings. The van der Waals surface area contributed by atoms with Gasteiger partial charge < -0.3 is 9.73 Å². The van der Waals surface area contributed by atoms with E-state index in [4.69, 9.17) is 4.42 Å². The van der Waals surface area contributed by atoms with Crippen LogP contribution in [0, 0.1) is 11.8 Å². The van der Waals surface area contributed by atoms with Crippen LogP contribution in [0.15, 0.2) is 21.6 Å². The first-order valence-corrected chi connectivity index (χ1v) is 9.07. The van der Waals surface area contributed by atoms with Crippen molar-refractivity contribution in [3.8, 4) is 0 Å². The Labute approximate surface area is 127 Å². The number of hydrogen-bond acceptors (Lipinski definition) is 4. The van der Waals surface area contributed by atoms with Crippen molar-refractivity contribution in [2.75, 3.05) is 13.1 Å². The molecule has 1 aromatic heterocycles. The summed E-state index contributed by atoms with van der Waals surface area (Å²) in [5.41, 5.74) is 0. The van der Waals surface area contributed by atoms with E-state index in [1.54, 1.807) is 16.4 Å². The summed E-state index contributed by atoms with van der Waals surface area (Å²) in [5.74, 6) is 1.60. The van der Waals surface area contributed by atoms with Gasteiger partial charge in [-0.2, -0.15) is 4.31 Å². The van der Waals surface area contributed by atoms with E-state index in [-0.39, 0.29) is 5.09 Å². The molecule has 2 atom stereocenters. The molecule has 0 aromatic carbocycles. The van der Waals surface area contributed by atoms with Gasteiger partial charge in [0.15, 0.2) is 0 Å². The number of nitrogens with one attached hydrogen (secondary N) is 1. The quantitative estimate of drug-likeness (QED) is 0.907. The van der Waals surface area contributed by atoms with E-state index in [0.29, 0.717) is 43.3 Å². The van der Waals surface area contributed by atoms with Crippen LogP contribution in [-0.4, -0.2) is 31.9 Å². The molecule has 0 saturated carbocycles. The molecule has 2 rings (SSSR count). The summed E-state index contributed by atoms with van der Waals surface area (Å²) in [6, 6.07) is 3.63. The normalized spacial score (nSPS) is 24.6. The number of rotatable bonds is 5. The van der Waals surface area contributed by atoms with Gasteiger partial charge in [-0.3, -0.25) is 0 Å². The standard InChI is InChI=1S/C15H26N2O3S/c1-11(2)16-9-14-5-6-15(20-14)21(18,19)17-8-7-12(3)13(4)10-17/h5-6,11-13,16H,7-10H2,1-4H3. The Bertz CT molecular complexity index is 565. The van der Waals surface area contributed by atoms with Gasteiger partial charge in [-0.05, 0) is 30.4 Å². The molecule has 120 valence electrons.